The molecule has 3 aliphatic heterocycles. The molecule has 3 saturated heterocycles. The highest BCUT2D eigenvalue weighted by atomic mass is 32.2. The van der Waals surface area contributed by atoms with E-state index < -0.39 is 10.0 Å². The topological polar surface area (TPSA) is 66.7 Å². The molecular weight excluding hydrogens is 338 g/mol. The lowest BCUT2D eigenvalue weighted by Crippen LogP contribution is -2.43. The van der Waals surface area contributed by atoms with Crippen molar-refractivity contribution in [1.82, 2.24) is 14.4 Å². The fraction of sp³-hybridized carbons (Fsp3) is 0.833. The maximum atomic E-state index is 12.0. The molecule has 4 fully saturated rings. The van der Waals surface area contributed by atoms with E-state index in [1.807, 2.05) is 0 Å². The zero-order valence-electron chi connectivity index (χ0n) is 15.1. The van der Waals surface area contributed by atoms with Crippen LogP contribution >= 0.6 is 0 Å². The Kier molecular flexibility index (Phi) is 4.90. The summed E-state index contributed by atoms with van der Waals surface area (Å²) in [6.07, 6.45) is 9.91. The van der Waals surface area contributed by atoms with E-state index in [1.54, 1.807) is 4.31 Å². The van der Waals surface area contributed by atoms with Crippen LogP contribution in [-0.2, 0) is 16.6 Å². The molecular formula is C18H29N3O3S. The third-order valence-corrected chi connectivity index (χ3v) is 7.46. The third-order valence-electron chi connectivity index (χ3n) is 6.22. The molecule has 2 bridgehead atoms. The van der Waals surface area contributed by atoms with E-state index in [0.29, 0.717) is 24.9 Å². The Morgan fingerprint density at radius 1 is 1.12 bits per heavy atom. The highest BCUT2D eigenvalue weighted by Gasteiger charge is 2.38. The second-order valence-corrected chi connectivity index (χ2v) is 10.1. The average molecular weight is 368 g/mol. The molecule has 2 atom stereocenters. The Bertz CT molecular complexity index is 696. The molecule has 0 spiro atoms. The smallest absolute Gasteiger partial charge is 0.211 e. The van der Waals surface area contributed by atoms with Gasteiger partial charge in [0.15, 0.2) is 5.76 Å². The van der Waals surface area contributed by atoms with Crippen molar-refractivity contribution in [2.75, 3.05) is 25.9 Å². The molecule has 25 heavy (non-hydrogen) atoms. The standard InChI is InChI=1S/C18H29N3O3S/c1-25(22,23)21-11-14-7-8-16(12-21)20(10-14)13-17-9-18(19-24-17)15-5-3-2-4-6-15/h9,14-16H,2-8,10-13H2,1H3/t14-,16-/m1/s1. The Balaban J connectivity index is 1.44. The zero-order chi connectivity index (χ0) is 17.4. The minimum Gasteiger partial charge on any atom is -0.360 e. The summed E-state index contributed by atoms with van der Waals surface area (Å²) in [4.78, 5) is 2.41. The van der Waals surface area contributed by atoms with E-state index in [2.05, 4.69) is 16.1 Å². The summed E-state index contributed by atoms with van der Waals surface area (Å²) in [5.41, 5.74) is 1.12. The molecule has 140 valence electrons. The van der Waals surface area contributed by atoms with E-state index in [9.17, 15) is 8.42 Å². The van der Waals surface area contributed by atoms with Crippen LogP contribution in [0.5, 0.6) is 0 Å². The van der Waals surface area contributed by atoms with Gasteiger partial charge in [0, 0.05) is 37.7 Å². The molecule has 4 heterocycles. The summed E-state index contributed by atoms with van der Waals surface area (Å²) in [5.74, 6) is 1.92. The summed E-state index contributed by atoms with van der Waals surface area (Å²) in [7, 11) is -3.11. The van der Waals surface area contributed by atoms with Gasteiger partial charge in [-0.1, -0.05) is 24.4 Å². The molecule has 4 aliphatic rings. The van der Waals surface area contributed by atoms with Crippen molar-refractivity contribution >= 4 is 10.0 Å². The van der Waals surface area contributed by atoms with Crippen LogP contribution < -0.4 is 0 Å². The maximum Gasteiger partial charge on any atom is 0.211 e. The molecule has 7 heteroatoms. The molecule has 1 saturated carbocycles. The highest BCUT2D eigenvalue weighted by Crippen LogP contribution is 2.33. The third kappa shape index (κ3) is 3.93. The van der Waals surface area contributed by atoms with Crippen molar-refractivity contribution in [2.24, 2.45) is 5.92 Å². The predicted molar refractivity (Wildman–Crippen MR) is 95.7 cm³/mol. The van der Waals surface area contributed by atoms with Gasteiger partial charge < -0.3 is 4.52 Å². The fourth-order valence-corrected chi connectivity index (χ4v) is 5.72. The molecule has 0 aromatic carbocycles. The van der Waals surface area contributed by atoms with Crippen LogP contribution in [0.3, 0.4) is 0 Å². The Morgan fingerprint density at radius 2 is 1.92 bits per heavy atom. The lowest BCUT2D eigenvalue weighted by atomic mass is 9.87. The molecule has 0 N–H and O–H groups in total. The summed E-state index contributed by atoms with van der Waals surface area (Å²) in [5, 5.41) is 4.34. The van der Waals surface area contributed by atoms with Crippen molar-refractivity contribution in [1.29, 1.82) is 0 Å². The first-order chi connectivity index (χ1) is 12.0. The van der Waals surface area contributed by atoms with Crippen LogP contribution in [0.2, 0.25) is 0 Å². The number of hydrogen-bond donors (Lipinski definition) is 0. The lowest BCUT2D eigenvalue weighted by Gasteiger charge is -2.35. The molecule has 6 nitrogen and oxygen atoms in total. The Labute approximate surface area is 150 Å². The predicted octanol–water partition coefficient (Wildman–Crippen LogP) is 2.58. The molecule has 5 rings (SSSR count). The van der Waals surface area contributed by atoms with Gasteiger partial charge in [0.1, 0.15) is 0 Å². The normalized spacial score (nSPS) is 29.8. The number of aromatic nitrogens is 1. The second kappa shape index (κ2) is 7.00. The largest absolute Gasteiger partial charge is 0.360 e. The summed E-state index contributed by atoms with van der Waals surface area (Å²) < 4.78 is 31.3. The van der Waals surface area contributed by atoms with E-state index in [1.165, 1.54) is 38.4 Å². The van der Waals surface area contributed by atoms with Gasteiger partial charge in [-0.3, -0.25) is 4.90 Å². The monoisotopic (exact) mass is 367 g/mol. The Hall–Kier alpha value is -0.920. The van der Waals surface area contributed by atoms with Crippen molar-refractivity contribution in [3.05, 3.63) is 17.5 Å². The first kappa shape index (κ1) is 17.5. The second-order valence-electron chi connectivity index (χ2n) is 8.16. The first-order valence-electron chi connectivity index (χ1n) is 9.63. The number of fused-ring (bicyclic) bond motifs is 4. The van der Waals surface area contributed by atoms with Crippen LogP contribution in [0.25, 0.3) is 0 Å². The van der Waals surface area contributed by atoms with Gasteiger partial charge in [-0.05, 0) is 31.6 Å². The van der Waals surface area contributed by atoms with Gasteiger partial charge in [-0.15, -0.1) is 0 Å². The van der Waals surface area contributed by atoms with Crippen molar-refractivity contribution in [2.45, 2.75) is 63.5 Å². The minimum absolute atomic E-state index is 0.289. The number of piperidine rings is 1. The van der Waals surface area contributed by atoms with E-state index >= 15 is 0 Å². The molecule has 0 unspecified atom stereocenters. The molecule has 1 aromatic rings. The molecule has 1 aliphatic carbocycles. The SMILES string of the molecule is CS(=O)(=O)N1C[C@@H]2CC[C@H](C1)N(Cc1cc(C3CCCCC3)no1)C2. The van der Waals surface area contributed by atoms with Crippen LogP contribution in [0, 0.1) is 5.92 Å². The molecule has 1 aromatic heterocycles. The number of hydrogen-bond acceptors (Lipinski definition) is 5. The van der Waals surface area contributed by atoms with Gasteiger partial charge in [0.05, 0.1) is 18.5 Å². The van der Waals surface area contributed by atoms with Gasteiger partial charge in [0.25, 0.3) is 0 Å². The first-order valence-corrected chi connectivity index (χ1v) is 11.5. The van der Waals surface area contributed by atoms with Crippen LogP contribution in [0.1, 0.15) is 62.3 Å². The van der Waals surface area contributed by atoms with Crippen molar-refractivity contribution in [3.63, 3.8) is 0 Å². The lowest BCUT2D eigenvalue weighted by molar-refractivity contribution is 0.113. The molecule has 0 radical (unpaired) electrons. The van der Waals surface area contributed by atoms with Crippen LogP contribution in [-0.4, -0.2) is 54.7 Å². The quantitative estimate of drug-likeness (QED) is 0.818. The fourth-order valence-electron chi connectivity index (χ4n) is 4.79. The van der Waals surface area contributed by atoms with E-state index in [4.69, 9.17) is 4.52 Å². The summed E-state index contributed by atoms with van der Waals surface area (Å²) in [6.45, 7) is 2.98. The van der Waals surface area contributed by atoms with Gasteiger partial charge in [-0.2, -0.15) is 0 Å². The van der Waals surface area contributed by atoms with Gasteiger partial charge in [0.2, 0.25) is 10.0 Å². The van der Waals surface area contributed by atoms with Crippen LogP contribution in [0.4, 0.5) is 0 Å². The highest BCUT2D eigenvalue weighted by molar-refractivity contribution is 7.88. The van der Waals surface area contributed by atoms with E-state index in [0.717, 1.165) is 37.4 Å². The minimum atomic E-state index is -3.11. The number of rotatable bonds is 4. The number of sulfonamides is 1. The van der Waals surface area contributed by atoms with Crippen LogP contribution in [0.15, 0.2) is 10.6 Å². The summed E-state index contributed by atoms with van der Waals surface area (Å²) in [6, 6.07) is 2.43. The molecule has 0 amide bonds. The maximum absolute atomic E-state index is 12.0. The Morgan fingerprint density at radius 3 is 2.68 bits per heavy atom. The van der Waals surface area contributed by atoms with Gasteiger partial charge >= 0.3 is 0 Å². The van der Waals surface area contributed by atoms with Gasteiger partial charge in [-0.25, -0.2) is 12.7 Å². The summed E-state index contributed by atoms with van der Waals surface area (Å²) >= 11 is 0. The average Bonchev–Trinajstić information content (AvgIpc) is 2.84. The van der Waals surface area contributed by atoms with E-state index in [-0.39, 0.29) is 6.04 Å². The van der Waals surface area contributed by atoms with Crippen molar-refractivity contribution < 1.29 is 12.9 Å². The number of nitrogens with zero attached hydrogens (tertiary/aromatic N) is 3. The van der Waals surface area contributed by atoms with Crippen molar-refractivity contribution in [3.8, 4) is 0 Å². The zero-order valence-corrected chi connectivity index (χ0v) is 15.9.